The van der Waals surface area contributed by atoms with Crippen LogP contribution in [0.5, 0.6) is 0 Å². The molecule has 0 N–H and O–H groups in total. The summed E-state index contributed by atoms with van der Waals surface area (Å²) in [5.41, 5.74) is 17.9. The molecule has 0 unspecified atom stereocenters. The fourth-order valence-electron chi connectivity index (χ4n) is 14.0. The minimum Gasteiger partial charge on any atom is -0.309 e. The Labute approximate surface area is 557 Å². The quantitative estimate of drug-likeness (QED) is 0.159. The van der Waals surface area contributed by atoms with Crippen LogP contribution in [0.4, 0.5) is 0 Å². The summed E-state index contributed by atoms with van der Waals surface area (Å²) < 4.78 is 10.0. The van der Waals surface area contributed by atoms with Crippen LogP contribution in [0.1, 0.15) is 111 Å². The fraction of sp³-hybridized carbons (Fsp3) is 0.186. The second kappa shape index (κ2) is 21.5. The van der Waals surface area contributed by atoms with Gasteiger partial charge < -0.3 is 9.13 Å². The van der Waals surface area contributed by atoms with Crippen molar-refractivity contribution in [1.82, 2.24) is 24.1 Å². The number of nitrogens with zero attached hydrogens (tertiary/aromatic N) is 6. The Balaban J connectivity index is 1.04. The zero-order valence-electron chi connectivity index (χ0n) is 55.3. The highest BCUT2D eigenvalue weighted by Gasteiger charge is 2.29. The van der Waals surface area contributed by atoms with E-state index in [0.29, 0.717) is 23.0 Å². The topological polar surface area (TPSA) is 72.3 Å². The smallest absolute Gasteiger partial charge is 0.166 e. The summed E-state index contributed by atoms with van der Waals surface area (Å²) in [6.07, 6.45) is 0. The molecule has 5 aromatic heterocycles. The third-order valence-electron chi connectivity index (χ3n) is 19.2. The van der Waals surface area contributed by atoms with E-state index in [0.717, 1.165) is 72.4 Å². The lowest BCUT2D eigenvalue weighted by atomic mass is 9.79. The first-order valence-electron chi connectivity index (χ1n) is 32.6. The summed E-state index contributed by atoms with van der Waals surface area (Å²) >= 11 is 3.73. The molecular weight excluding hydrogens is 1180 g/mol. The van der Waals surface area contributed by atoms with Gasteiger partial charge in [-0.3, -0.25) is 0 Å². The Bertz CT molecular complexity index is 5710. The molecule has 0 saturated heterocycles. The van der Waals surface area contributed by atoms with Crippen LogP contribution in [0.25, 0.3) is 152 Å². The first-order valence-corrected chi connectivity index (χ1v) is 34.2. The molecule has 8 heteroatoms. The van der Waals surface area contributed by atoms with Gasteiger partial charge >= 0.3 is 0 Å². The molecule has 5 heterocycles. The zero-order valence-corrected chi connectivity index (χ0v) is 56.9. The van der Waals surface area contributed by atoms with Gasteiger partial charge in [-0.05, 0) is 158 Å². The third-order valence-corrected chi connectivity index (χ3v) is 21.6. The van der Waals surface area contributed by atoms with Gasteiger partial charge in [0, 0.05) is 84.1 Å². The Kier molecular flexibility index (Phi) is 13.5. The van der Waals surface area contributed by atoms with Gasteiger partial charge in [-0.2, -0.15) is 5.26 Å². The van der Waals surface area contributed by atoms with Gasteiger partial charge in [-0.1, -0.05) is 204 Å². The van der Waals surface area contributed by atoms with Gasteiger partial charge in [0.25, 0.3) is 0 Å². The van der Waals surface area contributed by atoms with E-state index in [-0.39, 0.29) is 21.7 Å². The minimum atomic E-state index is -0.169. The predicted octanol–water partition coefficient (Wildman–Crippen LogP) is 24.2. The molecule has 16 rings (SSSR count). The van der Waals surface area contributed by atoms with Crippen LogP contribution >= 0.6 is 22.7 Å². The number of fused-ring (bicyclic) bond motifs is 14. The van der Waals surface area contributed by atoms with E-state index in [4.69, 9.17) is 15.0 Å². The summed E-state index contributed by atoms with van der Waals surface area (Å²) in [6.45, 7) is 27.5. The van der Waals surface area contributed by atoms with Crippen molar-refractivity contribution in [3.05, 3.63) is 246 Å². The number of thiophene rings is 2. The number of nitriles is 1. The van der Waals surface area contributed by atoms with Crippen LogP contribution in [0.2, 0.25) is 0 Å². The molecule has 0 aliphatic rings. The number of hydrogen-bond acceptors (Lipinski definition) is 6. The van der Waals surface area contributed by atoms with Gasteiger partial charge in [0.1, 0.15) is 0 Å². The number of rotatable bonds is 7. The average molecular weight is 1250 g/mol. The van der Waals surface area contributed by atoms with Crippen LogP contribution in [0.3, 0.4) is 0 Å². The van der Waals surface area contributed by atoms with Crippen molar-refractivity contribution in [2.45, 2.75) is 105 Å². The van der Waals surface area contributed by atoms with Crippen molar-refractivity contribution in [3.63, 3.8) is 0 Å². The summed E-state index contributed by atoms with van der Waals surface area (Å²) in [5, 5.41) is 20.2. The van der Waals surface area contributed by atoms with Crippen molar-refractivity contribution in [1.29, 1.82) is 5.26 Å². The summed E-state index contributed by atoms with van der Waals surface area (Å²) in [4.78, 5) is 17.4. The lowest BCUT2D eigenvalue weighted by Gasteiger charge is -2.26. The zero-order chi connectivity index (χ0) is 64.9. The van der Waals surface area contributed by atoms with Crippen LogP contribution in [-0.4, -0.2) is 24.1 Å². The highest BCUT2D eigenvalue weighted by Crippen LogP contribution is 2.49. The standard InChI is InChI=1S/C86H72N6S2/c1-83(2,3)56-41-54(42-57(47-56)84(4,5)6)80-88-81(55-43-58(85(7,8)9)48-59(44-55)86(10,11)12)90-82(89-80)67-46-53(33-37-71(67)92-69-29-18-14-27-65(69)77-73(92)39-35-63-61-25-16-20-31-75(61)94-79(63)77)66-45-52(51-23-21-22-50(40-51)49-87)32-36-70(66)91-68-28-17-13-26-64(68)76-72(91)38-34-62-60-24-15-19-30-74(60)93-78(62)76/h13-48H,1-12H3. The Morgan fingerprint density at radius 1 is 0.319 bits per heavy atom. The first-order chi connectivity index (χ1) is 45.0. The lowest BCUT2D eigenvalue weighted by molar-refractivity contribution is 0.568. The van der Waals surface area contributed by atoms with Crippen LogP contribution in [0, 0.1) is 11.3 Å². The third kappa shape index (κ3) is 9.81. The van der Waals surface area contributed by atoms with Gasteiger partial charge in [-0.25, -0.2) is 15.0 Å². The predicted molar refractivity (Wildman–Crippen MR) is 401 cm³/mol. The Morgan fingerprint density at radius 2 is 0.723 bits per heavy atom. The molecule has 0 aliphatic heterocycles. The molecule has 0 amide bonds. The maximum absolute atomic E-state index is 10.3. The second-order valence-electron chi connectivity index (χ2n) is 29.6. The second-order valence-corrected chi connectivity index (χ2v) is 31.7. The normalized spacial score (nSPS) is 12.7. The molecular formula is C86H72N6S2. The largest absolute Gasteiger partial charge is 0.309 e. The molecule has 0 fully saturated rings. The Morgan fingerprint density at radius 3 is 1.19 bits per heavy atom. The molecule has 0 bridgehead atoms. The molecule has 0 radical (unpaired) electrons. The number of benzene rings is 11. The van der Waals surface area contributed by atoms with E-state index in [1.807, 2.05) is 40.9 Å². The van der Waals surface area contributed by atoms with E-state index in [1.165, 1.54) is 84.1 Å². The molecule has 0 atom stereocenters. The SMILES string of the molecule is CC(C)(C)c1cc(-c2nc(-c3cc(C(C)(C)C)cc(C(C)(C)C)c3)nc(-c3cc(-c4cc(-c5cccc(C#N)c5)ccc4-n4c5ccccc5c5c6sc7ccccc7c6ccc54)ccc3-n3c4ccccc4c4c5sc6ccccc6c5ccc43)n2)cc(C(C)(C)C)c1. The number of hydrogen-bond donors (Lipinski definition) is 0. The van der Waals surface area contributed by atoms with Crippen molar-refractivity contribution in [3.8, 4) is 73.9 Å². The van der Waals surface area contributed by atoms with Crippen molar-refractivity contribution < 1.29 is 0 Å². The number of aromatic nitrogens is 5. The molecule has 11 aromatic carbocycles. The van der Waals surface area contributed by atoms with E-state index >= 15 is 0 Å². The van der Waals surface area contributed by atoms with Crippen molar-refractivity contribution in [2.24, 2.45) is 0 Å². The van der Waals surface area contributed by atoms with E-state index < -0.39 is 0 Å². The molecule has 16 aromatic rings. The van der Waals surface area contributed by atoms with Crippen LogP contribution in [0.15, 0.2) is 218 Å². The van der Waals surface area contributed by atoms with E-state index in [2.05, 4.69) is 298 Å². The highest BCUT2D eigenvalue weighted by molar-refractivity contribution is 7.27. The summed E-state index contributed by atoms with van der Waals surface area (Å²) in [7, 11) is 0. The van der Waals surface area contributed by atoms with Crippen molar-refractivity contribution in [2.75, 3.05) is 0 Å². The molecule has 0 aliphatic carbocycles. The van der Waals surface area contributed by atoms with E-state index in [1.54, 1.807) is 0 Å². The molecule has 6 nitrogen and oxygen atoms in total. The van der Waals surface area contributed by atoms with Gasteiger partial charge in [-0.15, -0.1) is 22.7 Å². The molecule has 458 valence electrons. The molecule has 94 heavy (non-hydrogen) atoms. The highest BCUT2D eigenvalue weighted by atomic mass is 32.1. The molecule has 0 spiro atoms. The average Bonchev–Trinajstić information content (AvgIpc) is 1.55. The van der Waals surface area contributed by atoms with Gasteiger partial charge in [0.2, 0.25) is 0 Å². The van der Waals surface area contributed by atoms with E-state index in [9.17, 15) is 5.26 Å². The van der Waals surface area contributed by atoms with Gasteiger partial charge in [0.05, 0.1) is 45.1 Å². The molecule has 0 saturated carbocycles. The van der Waals surface area contributed by atoms with Crippen molar-refractivity contribution >= 4 is 107 Å². The van der Waals surface area contributed by atoms with Crippen LogP contribution in [-0.2, 0) is 21.7 Å². The fourth-order valence-corrected chi connectivity index (χ4v) is 16.5. The Hall–Kier alpha value is -10.0. The monoisotopic (exact) mass is 1250 g/mol. The maximum atomic E-state index is 10.3. The maximum Gasteiger partial charge on any atom is 0.166 e. The lowest BCUT2D eigenvalue weighted by Crippen LogP contribution is -2.17. The summed E-state index contributed by atoms with van der Waals surface area (Å²) in [6, 6.07) is 82.7. The number of para-hydroxylation sites is 2. The first kappa shape index (κ1) is 59.0. The minimum absolute atomic E-state index is 0.169. The summed E-state index contributed by atoms with van der Waals surface area (Å²) in [5.74, 6) is 1.78. The van der Waals surface area contributed by atoms with Crippen LogP contribution < -0.4 is 0 Å². The van der Waals surface area contributed by atoms with Gasteiger partial charge in [0.15, 0.2) is 17.5 Å².